The summed E-state index contributed by atoms with van der Waals surface area (Å²) >= 11 is 0. The van der Waals surface area contributed by atoms with E-state index in [0.29, 0.717) is 13.2 Å². The molecule has 144 valence electrons. The van der Waals surface area contributed by atoms with Gasteiger partial charge in [-0.25, -0.2) is 0 Å². The lowest BCUT2D eigenvalue weighted by Crippen LogP contribution is -2.33. The smallest absolute Gasteiger partial charge is 0.325 e. The van der Waals surface area contributed by atoms with E-state index in [1.54, 1.807) is 0 Å². The number of hydrogen-bond donors (Lipinski definition) is 2. The van der Waals surface area contributed by atoms with Crippen LogP contribution in [0.15, 0.2) is 24.3 Å². The van der Waals surface area contributed by atoms with Crippen molar-refractivity contribution in [1.29, 1.82) is 0 Å². The zero-order valence-corrected chi connectivity index (χ0v) is 16.5. The van der Waals surface area contributed by atoms with Crippen LogP contribution in [0, 0.1) is 0 Å². The van der Waals surface area contributed by atoms with E-state index >= 15 is 0 Å². The van der Waals surface area contributed by atoms with Crippen LogP contribution >= 0.6 is 0 Å². The van der Waals surface area contributed by atoms with Gasteiger partial charge in [0.15, 0.2) is 0 Å². The fraction of sp³-hybridized carbons (Fsp3) is 0.650. The average molecular weight is 352 g/mol. The Morgan fingerprint density at radius 1 is 1.12 bits per heavy atom. The number of carbonyl (C=O) groups is 1. The molecule has 0 fully saturated rings. The normalized spacial score (nSPS) is 9.96. The second kappa shape index (κ2) is 15.9. The van der Waals surface area contributed by atoms with Crippen molar-refractivity contribution < 1.29 is 9.53 Å². The minimum absolute atomic E-state index is 0.188. The molecule has 1 aromatic carbocycles. The van der Waals surface area contributed by atoms with Gasteiger partial charge in [-0.2, -0.15) is 0 Å². The summed E-state index contributed by atoms with van der Waals surface area (Å²) in [4.78, 5) is 13.8. The number of carbonyl (C=O) groups excluding carboxylic acids is 1. The third-order valence-electron chi connectivity index (χ3n) is 3.37. The van der Waals surface area contributed by atoms with E-state index in [1.807, 2.05) is 31.2 Å². The average Bonchev–Trinajstić information content (AvgIpc) is 2.61. The standard InChI is InChI=1S/C17H29N3O2.C3H8/c1-3-10-19-11-5-12-20(14-17(21)22-4-2)16-8-6-15(13-18)7-9-16;1-3-2/h6-9,19H,3-5,10-14,18H2,1-2H3;3H2,1-2H3. The molecule has 1 aromatic rings. The highest BCUT2D eigenvalue weighted by Gasteiger charge is 2.12. The third kappa shape index (κ3) is 11.6. The van der Waals surface area contributed by atoms with Gasteiger partial charge in [0.25, 0.3) is 0 Å². The molecule has 5 nitrogen and oxygen atoms in total. The number of anilines is 1. The molecule has 0 aliphatic carbocycles. The van der Waals surface area contributed by atoms with Gasteiger partial charge in [0.2, 0.25) is 0 Å². The predicted octanol–water partition coefficient (Wildman–Crippen LogP) is 3.32. The van der Waals surface area contributed by atoms with Crippen LogP contribution in [0.3, 0.4) is 0 Å². The zero-order chi connectivity index (χ0) is 18.9. The van der Waals surface area contributed by atoms with Crippen molar-refractivity contribution in [2.75, 3.05) is 37.7 Å². The molecule has 0 aromatic heterocycles. The van der Waals surface area contributed by atoms with Gasteiger partial charge >= 0.3 is 5.97 Å². The summed E-state index contributed by atoms with van der Waals surface area (Å²) in [5.41, 5.74) is 7.74. The molecule has 0 saturated carbocycles. The van der Waals surface area contributed by atoms with Crippen LogP contribution < -0.4 is 16.0 Å². The second-order valence-electron chi connectivity index (χ2n) is 5.91. The molecule has 0 bridgehead atoms. The molecular weight excluding hydrogens is 314 g/mol. The SMILES string of the molecule is CCC.CCCNCCCN(CC(=O)OCC)c1ccc(CN)cc1. The summed E-state index contributed by atoms with van der Waals surface area (Å²) in [6, 6.07) is 8.04. The Morgan fingerprint density at radius 2 is 1.76 bits per heavy atom. The van der Waals surface area contributed by atoms with Crippen LogP contribution in [0.5, 0.6) is 0 Å². The van der Waals surface area contributed by atoms with Gasteiger partial charge < -0.3 is 20.7 Å². The van der Waals surface area contributed by atoms with Crippen molar-refractivity contribution in [2.24, 2.45) is 5.73 Å². The van der Waals surface area contributed by atoms with E-state index in [9.17, 15) is 4.79 Å². The van der Waals surface area contributed by atoms with Crippen molar-refractivity contribution in [3.63, 3.8) is 0 Å². The Balaban J connectivity index is 0.00000178. The molecule has 0 amide bonds. The molecule has 0 spiro atoms. The molecule has 5 heteroatoms. The molecule has 0 radical (unpaired) electrons. The Morgan fingerprint density at radius 3 is 2.28 bits per heavy atom. The summed E-state index contributed by atoms with van der Waals surface area (Å²) in [6.45, 7) is 12.3. The lowest BCUT2D eigenvalue weighted by Gasteiger charge is -2.24. The fourth-order valence-corrected chi connectivity index (χ4v) is 2.20. The van der Waals surface area contributed by atoms with Crippen molar-refractivity contribution in [1.82, 2.24) is 5.32 Å². The quantitative estimate of drug-likeness (QED) is 0.473. The van der Waals surface area contributed by atoms with Crippen LogP contribution in [0.4, 0.5) is 5.69 Å². The van der Waals surface area contributed by atoms with Gasteiger partial charge in [0, 0.05) is 18.8 Å². The van der Waals surface area contributed by atoms with Gasteiger partial charge in [-0.3, -0.25) is 4.79 Å². The highest BCUT2D eigenvalue weighted by atomic mass is 16.5. The number of ether oxygens (including phenoxy) is 1. The number of esters is 1. The third-order valence-corrected chi connectivity index (χ3v) is 3.37. The van der Waals surface area contributed by atoms with Gasteiger partial charge in [-0.05, 0) is 50.6 Å². The number of benzene rings is 1. The van der Waals surface area contributed by atoms with Crippen LogP contribution in [0.2, 0.25) is 0 Å². The molecule has 0 saturated heterocycles. The molecule has 0 heterocycles. The summed E-state index contributed by atoms with van der Waals surface area (Å²) < 4.78 is 5.07. The van der Waals surface area contributed by atoms with Gasteiger partial charge in [-0.1, -0.05) is 39.3 Å². The molecule has 0 atom stereocenters. The van der Waals surface area contributed by atoms with Gasteiger partial charge in [0.05, 0.1) is 6.61 Å². The van der Waals surface area contributed by atoms with Crippen LogP contribution in [0.25, 0.3) is 0 Å². The van der Waals surface area contributed by atoms with E-state index < -0.39 is 0 Å². The van der Waals surface area contributed by atoms with Crippen molar-refractivity contribution in [3.05, 3.63) is 29.8 Å². The van der Waals surface area contributed by atoms with E-state index in [2.05, 4.69) is 31.0 Å². The van der Waals surface area contributed by atoms with E-state index in [0.717, 1.165) is 43.7 Å². The van der Waals surface area contributed by atoms with Crippen molar-refractivity contribution in [3.8, 4) is 0 Å². The van der Waals surface area contributed by atoms with Gasteiger partial charge in [0.1, 0.15) is 6.54 Å². The maximum absolute atomic E-state index is 11.8. The minimum atomic E-state index is -0.188. The number of nitrogens with two attached hydrogens (primary N) is 1. The lowest BCUT2D eigenvalue weighted by atomic mass is 10.2. The Bertz CT molecular complexity index is 435. The first kappa shape index (κ1) is 23.4. The molecular formula is C20H37N3O2. The van der Waals surface area contributed by atoms with E-state index in [1.165, 1.54) is 6.42 Å². The van der Waals surface area contributed by atoms with E-state index in [-0.39, 0.29) is 12.5 Å². The summed E-state index contributed by atoms with van der Waals surface area (Å²) in [5, 5.41) is 3.38. The predicted molar refractivity (Wildman–Crippen MR) is 107 cm³/mol. The number of hydrogen-bond acceptors (Lipinski definition) is 5. The molecule has 3 N–H and O–H groups in total. The first-order valence-electron chi connectivity index (χ1n) is 9.53. The number of rotatable bonds is 11. The Labute approximate surface area is 153 Å². The van der Waals surface area contributed by atoms with Crippen LogP contribution in [0.1, 0.15) is 52.5 Å². The summed E-state index contributed by atoms with van der Waals surface area (Å²) in [7, 11) is 0. The summed E-state index contributed by atoms with van der Waals surface area (Å²) in [6.07, 6.45) is 3.37. The largest absolute Gasteiger partial charge is 0.465 e. The summed E-state index contributed by atoms with van der Waals surface area (Å²) in [5.74, 6) is -0.188. The molecule has 0 unspecified atom stereocenters. The van der Waals surface area contributed by atoms with Gasteiger partial charge in [-0.15, -0.1) is 0 Å². The molecule has 0 aliphatic heterocycles. The first-order chi connectivity index (χ1) is 12.1. The highest BCUT2D eigenvalue weighted by Crippen LogP contribution is 2.15. The van der Waals surface area contributed by atoms with E-state index in [4.69, 9.17) is 10.5 Å². The number of nitrogens with one attached hydrogen (secondary N) is 1. The Kier molecular flexibility index (Phi) is 14.9. The molecule has 0 aliphatic rings. The molecule has 25 heavy (non-hydrogen) atoms. The number of nitrogens with zero attached hydrogens (tertiary/aromatic N) is 1. The van der Waals surface area contributed by atoms with Crippen molar-refractivity contribution in [2.45, 2.75) is 53.5 Å². The molecule has 1 rings (SSSR count). The zero-order valence-electron chi connectivity index (χ0n) is 16.5. The lowest BCUT2D eigenvalue weighted by molar-refractivity contribution is -0.141. The van der Waals surface area contributed by atoms with Crippen LogP contribution in [-0.4, -0.2) is 38.8 Å². The highest BCUT2D eigenvalue weighted by molar-refractivity contribution is 5.75. The Hall–Kier alpha value is -1.59. The topological polar surface area (TPSA) is 67.6 Å². The monoisotopic (exact) mass is 351 g/mol. The fourth-order valence-electron chi connectivity index (χ4n) is 2.20. The minimum Gasteiger partial charge on any atom is -0.465 e. The van der Waals surface area contributed by atoms with Crippen LogP contribution in [-0.2, 0) is 16.1 Å². The second-order valence-corrected chi connectivity index (χ2v) is 5.91. The van der Waals surface area contributed by atoms with Crippen molar-refractivity contribution >= 4 is 11.7 Å². The maximum Gasteiger partial charge on any atom is 0.325 e. The maximum atomic E-state index is 11.8. The first-order valence-corrected chi connectivity index (χ1v) is 9.53.